The Morgan fingerprint density at radius 2 is 2.29 bits per heavy atom. The topological polar surface area (TPSA) is 82.4 Å². The second-order valence-electron chi connectivity index (χ2n) is 5.39. The Labute approximate surface area is 143 Å². The molecule has 5 N–H and O–H groups in total. The maximum Gasteiger partial charge on any atom is 0.321 e. The first-order valence-electron chi connectivity index (χ1n) is 8.01. The van der Waals surface area contributed by atoms with Crippen molar-refractivity contribution in [3.05, 3.63) is 54.5 Å². The van der Waals surface area contributed by atoms with Crippen molar-refractivity contribution >= 4 is 23.0 Å². The minimum atomic E-state index is -0.124. The first-order valence-corrected chi connectivity index (χ1v) is 8.01. The van der Waals surface area contributed by atoms with Gasteiger partial charge in [0, 0.05) is 49.0 Å². The number of allylic oxidation sites excluding steroid dienone is 1. The van der Waals surface area contributed by atoms with E-state index in [0.717, 1.165) is 35.5 Å². The van der Waals surface area contributed by atoms with Gasteiger partial charge >= 0.3 is 6.03 Å². The van der Waals surface area contributed by atoms with Crippen LogP contribution in [0.25, 0.3) is 5.57 Å². The summed E-state index contributed by atoms with van der Waals surface area (Å²) in [6.07, 6.45) is 6.10. The van der Waals surface area contributed by atoms with Gasteiger partial charge in [-0.15, -0.1) is 0 Å². The lowest BCUT2D eigenvalue weighted by Crippen LogP contribution is -2.38. The van der Waals surface area contributed by atoms with E-state index in [1.807, 2.05) is 31.2 Å². The van der Waals surface area contributed by atoms with Gasteiger partial charge in [-0.05, 0) is 49.4 Å². The van der Waals surface area contributed by atoms with Gasteiger partial charge in [0.1, 0.15) is 0 Å². The van der Waals surface area contributed by atoms with Gasteiger partial charge in [0.05, 0.1) is 0 Å². The highest BCUT2D eigenvalue weighted by Gasteiger charge is 2.18. The summed E-state index contributed by atoms with van der Waals surface area (Å²) in [7, 11) is 1.63. The van der Waals surface area contributed by atoms with Gasteiger partial charge in [-0.1, -0.05) is 6.58 Å². The lowest BCUT2D eigenvalue weighted by Gasteiger charge is -2.25. The van der Waals surface area contributed by atoms with Gasteiger partial charge in [0.25, 0.3) is 0 Å². The molecule has 6 heteroatoms. The molecule has 1 aromatic rings. The Morgan fingerprint density at radius 1 is 1.50 bits per heavy atom. The average Bonchev–Trinajstić information content (AvgIpc) is 2.60. The SMILES string of the molecule is C=CN/C=C(N)/C=C1\CCNc2ccc(N(CC)C(=O)NC)cc21. The number of benzene rings is 1. The largest absolute Gasteiger partial charge is 0.398 e. The number of nitrogens with two attached hydrogens (primary N) is 1. The Bertz CT molecular complexity index is 678. The molecule has 0 saturated carbocycles. The zero-order valence-corrected chi connectivity index (χ0v) is 14.2. The van der Waals surface area contributed by atoms with E-state index in [9.17, 15) is 4.79 Å². The summed E-state index contributed by atoms with van der Waals surface area (Å²) in [4.78, 5) is 13.7. The molecule has 0 saturated heterocycles. The third-order valence-corrected chi connectivity index (χ3v) is 3.85. The summed E-state index contributed by atoms with van der Waals surface area (Å²) in [5.74, 6) is 0. The van der Waals surface area contributed by atoms with Crippen LogP contribution in [0.3, 0.4) is 0 Å². The quantitative estimate of drug-likeness (QED) is 0.670. The number of anilines is 2. The molecule has 0 aliphatic carbocycles. The van der Waals surface area contributed by atoms with Crippen molar-refractivity contribution < 1.29 is 4.79 Å². The zero-order chi connectivity index (χ0) is 17.5. The fourth-order valence-electron chi connectivity index (χ4n) is 2.71. The number of fused-ring (bicyclic) bond motifs is 1. The molecule has 2 amide bonds. The van der Waals surface area contributed by atoms with E-state index < -0.39 is 0 Å². The van der Waals surface area contributed by atoms with Crippen LogP contribution in [-0.2, 0) is 0 Å². The fourth-order valence-corrected chi connectivity index (χ4v) is 2.71. The number of nitrogens with one attached hydrogen (secondary N) is 3. The van der Waals surface area contributed by atoms with Crippen molar-refractivity contribution in [3.8, 4) is 0 Å². The third kappa shape index (κ3) is 3.90. The number of carbonyl (C=O) groups is 1. The van der Waals surface area contributed by atoms with Crippen LogP contribution < -0.4 is 26.6 Å². The summed E-state index contributed by atoms with van der Waals surface area (Å²) < 4.78 is 0. The average molecular weight is 327 g/mol. The highest BCUT2D eigenvalue weighted by atomic mass is 16.2. The second kappa shape index (κ2) is 8.10. The van der Waals surface area contributed by atoms with E-state index in [0.29, 0.717) is 12.2 Å². The number of nitrogens with zero attached hydrogens (tertiary/aromatic N) is 1. The van der Waals surface area contributed by atoms with Crippen molar-refractivity contribution in [1.82, 2.24) is 10.6 Å². The molecule has 1 heterocycles. The number of carbonyl (C=O) groups excluding carboxylic acids is 1. The molecule has 0 bridgehead atoms. The highest BCUT2D eigenvalue weighted by Crippen LogP contribution is 2.34. The molecule has 1 aliphatic rings. The molecule has 0 unspecified atom stereocenters. The van der Waals surface area contributed by atoms with E-state index in [1.54, 1.807) is 24.3 Å². The predicted octanol–water partition coefficient (Wildman–Crippen LogP) is 2.58. The van der Waals surface area contributed by atoms with Gasteiger partial charge in [-0.3, -0.25) is 4.90 Å². The lowest BCUT2D eigenvalue weighted by molar-refractivity contribution is 0.248. The summed E-state index contributed by atoms with van der Waals surface area (Å²) in [6, 6.07) is 5.86. The number of amides is 2. The number of urea groups is 1. The second-order valence-corrected chi connectivity index (χ2v) is 5.39. The van der Waals surface area contributed by atoms with Crippen LogP contribution in [0, 0.1) is 0 Å². The van der Waals surface area contributed by atoms with E-state index in [4.69, 9.17) is 5.73 Å². The minimum absolute atomic E-state index is 0.124. The van der Waals surface area contributed by atoms with Gasteiger partial charge in [-0.25, -0.2) is 4.79 Å². The Balaban J connectivity index is 2.41. The maximum absolute atomic E-state index is 12.0. The normalized spacial score (nSPS) is 15.2. The molecule has 0 fully saturated rings. The molecule has 6 nitrogen and oxygen atoms in total. The standard InChI is InChI=1S/C18H25N5O/c1-4-21-12-14(19)10-13-8-9-22-17-7-6-15(11-16(13)17)23(5-2)18(24)20-3/h4,6-7,10-12,21-22H,1,5,8-9,19H2,2-3H3,(H,20,24)/b13-10+,14-12-. The number of hydrogen-bond acceptors (Lipinski definition) is 4. The Hall–Kier alpha value is -2.89. The molecule has 0 spiro atoms. The molecule has 1 aliphatic heterocycles. The predicted molar refractivity (Wildman–Crippen MR) is 101 cm³/mol. The number of hydrogen-bond donors (Lipinski definition) is 4. The van der Waals surface area contributed by atoms with Crippen molar-refractivity contribution in [2.75, 3.05) is 30.4 Å². The monoisotopic (exact) mass is 327 g/mol. The highest BCUT2D eigenvalue weighted by molar-refractivity contribution is 5.93. The van der Waals surface area contributed by atoms with Crippen molar-refractivity contribution in [1.29, 1.82) is 0 Å². The molecular formula is C18H25N5O. The first-order chi connectivity index (χ1) is 11.6. The molecule has 128 valence electrons. The Morgan fingerprint density at radius 3 is 2.96 bits per heavy atom. The summed E-state index contributed by atoms with van der Waals surface area (Å²) in [6.45, 7) is 6.99. The molecule has 0 aromatic heterocycles. The van der Waals surface area contributed by atoms with Crippen LogP contribution in [0.15, 0.2) is 49.0 Å². The fraction of sp³-hybridized carbons (Fsp3) is 0.278. The van der Waals surface area contributed by atoms with Gasteiger partial charge in [0.2, 0.25) is 0 Å². The van der Waals surface area contributed by atoms with Crippen LogP contribution in [0.4, 0.5) is 16.2 Å². The van der Waals surface area contributed by atoms with Crippen LogP contribution in [-0.4, -0.2) is 26.2 Å². The van der Waals surface area contributed by atoms with E-state index in [2.05, 4.69) is 22.5 Å². The van der Waals surface area contributed by atoms with E-state index in [-0.39, 0.29) is 6.03 Å². The van der Waals surface area contributed by atoms with Gasteiger partial charge < -0.3 is 21.7 Å². The third-order valence-electron chi connectivity index (χ3n) is 3.85. The van der Waals surface area contributed by atoms with Crippen molar-refractivity contribution in [2.24, 2.45) is 5.73 Å². The molecule has 0 radical (unpaired) electrons. The summed E-state index contributed by atoms with van der Waals surface area (Å²) in [5.41, 5.74) is 10.8. The number of rotatable bonds is 5. The van der Waals surface area contributed by atoms with Gasteiger partial charge in [-0.2, -0.15) is 0 Å². The summed E-state index contributed by atoms with van der Waals surface area (Å²) in [5, 5.41) is 8.93. The van der Waals surface area contributed by atoms with Crippen LogP contribution >= 0.6 is 0 Å². The van der Waals surface area contributed by atoms with Crippen molar-refractivity contribution in [2.45, 2.75) is 13.3 Å². The lowest BCUT2D eigenvalue weighted by atomic mass is 9.95. The van der Waals surface area contributed by atoms with Gasteiger partial charge in [0.15, 0.2) is 0 Å². The Kier molecular flexibility index (Phi) is 5.89. The zero-order valence-electron chi connectivity index (χ0n) is 14.2. The van der Waals surface area contributed by atoms with Crippen LogP contribution in [0.1, 0.15) is 18.9 Å². The smallest absolute Gasteiger partial charge is 0.321 e. The molecular weight excluding hydrogens is 302 g/mol. The first kappa shape index (κ1) is 17.5. The van der Waals surface area contributed by atoms with E-state index >= 15 is 0 Å². The van der Waals surface area contributed by atoms with Crippen LogP contribution in [0.5, 0.6) is 0 Å². The maximum atomic E-state index is 12.0. The van der Waals surface area contributed by atoms with E-state index in [1.165, 1.54) is 0 Å². The minimum Gasteiger partial charge on any atom is -0.398 e. The van der Waals surface area contributed by atoms with Crippen LogP contribution in [0.2, 0.25) is 0 Å². The molecule has 24 heavy (non-hydrogen) atoms. The molecule has 1 aromatic carbocycles. The summed E-state index contributed by atoms with van der Waals surface area (Å²) >= 11 is 0. The molecule has 0 atom stereocenters. The molecule has 2 rings (SSSR count). The van der Waals surface area contributed by atoms with Crippen molar-refractivity contribution in [3.63, 3.8) is 0 Å².